The van der Waals surface area contributed by atoms with Gasteiger partial charge in [0.15, 0.2) is 6.10 Å². The minimum atomic E-state index is -0.767. The van der Waals surface area contributed by atoms with Gasteiger partial charge in [0.25, 0.3) is 0 Å². The van der Waals surface area contributed by atoms with Gasteiger partial charge < -0.3 is 14.6 Å². The van der Waals surface area contributed by atoms with Crippen molar-refractivity contribution in [2.45, 2.75) is 450 Å². The lowest BCUT2D eigenvalue weighted by Gasteiger charge is -2.15. The van der Waals surface area contributed by atoms with Crippen LogP contribution in [-0.2, 0) is 19.1 Å². The topological polar surface area (TPSA) is 72.8 Å². The molecule has 0 aliphatic rings. The van der Waals surface area contributed by atoms with Crippen LogP contribution in [0.4, 0.5) is 0 Å². The van der Waals surface area contributed by atoms with Crippen LogP contribution in [0.3, 0.4) is 0 Å². The van der Waals surface area contributed by atoms with Gasteiger partial charge >= 0.3 is 11.9 Å². The van der Waals surface area contributed by atoms with Crippen LogP contribution in [0.15, 0.2) is 12.2 Å². The average Bonchev–Trinajstić information content (AvgIpc) is 3.47. The summed E-state index contributed by atoms with van der Waals surface area (Å²) in [5.74, 6) is -0.558. The molecule has 0 rings (SSSR count). The van der Waals surface area contributed by atoms with E-state index < -0.39 is 6.10 Å². The number of aliphatic hydroxyl groups is 1. The van der Waals surface area contributed by atoms with Crippen molar-refractivity contribution in [3.05, 3.63) is 12.2 Å². The number of allylic oxidation sites excluding steroid dienone is 2. The SMILES string of the molecule is CCCCCCCCCC/C=C\CCCCCCCCCCCCCCCCCCCCCCCCCCCCCC(=O)OC(CO)COC(=O)CCCCCCCCCCCCCCCCCCCCCCCCCCCCCC. The number of unbranched alkanes of at least 4 members (excludes halogenated alkanes) is 62. The summed E-state index contributed by atoms with van der Waals surface area (Å²) in [5.41, 5.74) is 0. The van der Waals surface area contributed by atoms with Crippen LogP contribution >= 0.6 is 0 Å². The molecule has 0 aromatic carbocycles. The standard InChI is InChI=1S/C76H148O5/c1-3-5-7-9-11-13-15-17-19-21-23-25-27-29-31-33-34-35-36-37-38-39-40-41-42-43-45-47-49-51-53-55-57-59-61-63-65-67-69-71-76(79)81-74(72-77)73-80-75(78)70-68-66-64-62-60-58-56-54-52-50-48-46-44-32-30-28-26-24-22-20-18-16-14-12-10-8-6-4-2/h21,23,74,77H,3-20,22,24-73H2,1-2H3/b23-21-. The van der Waals surface area contributed by atoms with Gasteiger partial charge in [-0.1, -0.05) is 405 Å². The first-order valence-electron chi connectivity index (χ1n) is 37.7. The third-order valence-electron chi connectivity index (χ3n) is 17.8. The van der Waals surface area contributed by atoms with Crippen LogP contribution in [0.1, 0.15) is 444 Å². The highest BCUT2D eigenvalue weighted by Crippen LogP contribution is 2.20. The Morgan fingerprint density at radius 2 is 0.457 bits per heavy atom. The molecule has 1 atom stereocenters. The van der Waals surface area contributed by atoms with Crippen LogP contribution in [-0.4, -0.2) is 36.4 Å². The van der Waals surface area contributed by atoms with Gasteiger partial charge in [-0.05, 0) is 38.5 Å². The lowest BCUT2D eigenvalue weighted by Crippen LogP contribution is -2.28. The normalized spacial score (nSPS) is 12.1. The molecule has 0 aliphatic heterocycles. The third-order valence-corrected chi connectivity index (χ3v) is 17.8. The van der Waals surface area contributed by atoms with E-state index in [1.54, 1.807) is 0 Å². The molecule has 0 radical (unpaired) electrons. The predicted octanol–water partition coefficient (Wildman–Crippen LogP) is 26.2. The number of carbonyl (C=O) groups excluding carboxylic acids is 2. The zero-order valence-corrected chi connectivity index (χ0v) is 55.6. The number of rotatable bonds is 72. The number of hydrogen-bond acceptors (Lipinski definition) is 5. The Hall–Kier alpha value is -1.36. The Labute approximate surface area is 509 Å². The van der Waals surface area contributed by atoms with E-state index in [4.69, 9.17) is 9.47 Å². The summed E-state index contributed by atoms with van der Waals surface area (Å²) >= 11 is 0. The van der Waals surface area contributed by atoms with E-state index in [1.807, 2.05) is 0 Å². The molecule has 0 spiro atoms. The number of carbonyl (C=O) groups is 2. The van der Waals surface area contributed by atoms with Crippen molar-refractivity contribution in [2.24, 2.45) is 0 Å². The molecular weight excluding hydrogens is 993 g/mol. The van der Waals surface area contributed by atoms with E-state index in [2.05, 4.69) is 26.0 Å². The third kappa shape index (κ3) is 71.0. The van der Waals surface area contributed by atoms with E-state index in [1.165, 1.54) is 385 Å². The largest absolute Gasteiger partial charge is 0.462 e. The van der Waals surface area contributed by atoms with Gasteiger partial charge in [-0.25, -0.2) is 0 Å². The summed E-state index contributed by atoms with van der Waals surface area (Å²) in [6.45, 7) is 4.22. The van der Waals surface area contributed by atoms with Gasteiger partial charge in [0.05, 0.1) is 6.61 Å². The minimum absolute atomic E-state index is 0.0560. The van der Waals surface area contributed by atoms with Gasteiger partial charge in [-0.3, -0.25) is 9.59 Å². The Balaban J connectivity index is 3.34. The predicted molar refractivity (Wildman–Crippen MR) is 358 cm³/mol. The highest BCUT2D eigenvalue weighted by atomic mass is 16.6. The van der Waals surface area contributed by atoms with Crippen LogP contribution in [0.2, 0.25) is 0 Å². The smallest absolute Gasteiger partial charge is 0.306 e. The van der Waals surface area contributed by atoms with E-state index in [9.17, 15) is 14.7 Å². The number of ether oxygens (including phenoxy) is 2. The summed E-state index contributed by atoms with van der Waals surface area (Å²) in [5, 5.41) is 9.71. The molecule has 0 aromatic heterocycles. The summed E-state index contributed by atoms with van der Waals surface area (Å²) in [6, 6.07) is 0. The van der Waals surface area contributed by atoms with E-state index in [0.29, 0.717) is 12.8 Å². The summed E-state index contributed by atoms with van der Waals surface area (Å²) in [6.07, 6.45) is 94.3. The summed E-state index contributed by atoms with van der Waals surface area (Å²) in [4.78, 5) is 24.7. The van der Waals surface area contributed by atoms with Gasteiger partial charge in [0.1, 0.15) is 6.61 Å². The fourth-order valence-corrected chi connectivity index (χ4v) is 12.1. The molecule has 1 unspecified atom stereocenters. The lowest BCUT2D eigenvalue weighted by molar-refractivity contribution is -0.161. The molecule has 0 bridgehead atoms. The maximum Gasteiger partial charge on any atom is 0.306 e. The highest BCUT2D eigenvalue weighted by molar-refractivity contribution is 5.70. The van der Waals surface area contributed by atoms with Gasteiger partial charge in [0, 0.05) is 12.8 Å². The first-order chi connectivity index (χ1) is 40.1. The fraction of sp³-hybridized carbons (Fsp3) is 0.947. The molecule has 482 valence electrons. The molecule has 5 heteroatoms. The Kier molecular flexibility index (Phi) is 71.7. The molecule has 1 N–H and O–H groups in total. The highest BCUT2D eigenvalue weighted by Gasteiger charge is 2.16. The molecular formula is C76H148O5. The molecule has 0 amide bonds. The molecule has 0 saturated heterocycles. The molecule has 81 heavy (non-hydrogen) atoms. The van der Waals surface area contributed by atoms with Crippen molar-refractivity contribution >= 4 is 11.9 Å². The second-order valence-electron chi connectivity index (χ2n) is 26.1. The first-order valence-corrected chi connectivity index (χ1v) is 37.7. The first kappa shape index (κ1) is 79.6. The Morgan fingerprint density at radius 3 is 0.667 bits per heavy atom. The summed E-state index contributed by atoms with van der Waals surface area (Å²) in [7, 11) is 0. The Morgan fingerprint density at radius 1 is 0.272 bits per heavy atom. The van der Waals surface area contributed by atoms with Gasteiger partial charge in [0.2, 0.25) is 0 Å². The Bertz CT molecular complexity index is 1200. The quantitative estimate of drug-likeness (QED) is 0.0373. The van der Waals surface area contributed by atoms with Crippen molar-refractivity contribution in [3.8, 4) is 0 Å². The number of aliphatic hydroxyl groups excluding tert-OH is 1. The maximum atomic E-state index is 12.4. The second-order valence-corrected chi connectivity index (χ2v) is 26.1. The summed E-state index contributed by atoms with van der Waals surface area (Å²) < 4.78 is 10.8. The van der Waals surface area contributed by atoms with Crippen LogP contribution < -0.4 is 0 Å². The number of hydrogen-bond donors (Lipinski definition) is 1. The number of esters is 2. The fourth-order valence-electron chi connectivity index (χ4n) is 12.1. The molecule has 0 saturated carbocycles. The van der Waals surface area contributed by atoms with E-state index >= 15 is 0 Å². The van der Waals surface area contributed by atoms with Crippen molar-refractivity contribution in [1.29, 1.82) is 0 Å². The zero-order valence-electron chi connectivity index (χ0n) is 55.6. The zero-order chi connectivity index (χ0) is 58.4. The van der Waals surface area contributed by atoms with Gasteiger partial charge in [-0.15, -0.1) is 0 Å². The van der Waals surface area contributed by atoms with Gasteiger partial charge in [-0.2, -0.15) is 0 Å². The minimum Gasteiger partial charge on any atom is -0.462 e. The molecule has 0 fully saturated rings. The monoisotopic (exact) mass is 1140 g/mol. The maximum absolute atomic E-state index is 12.4. The van der Waals surface area contributed by atoms with Crippen molar-refractivity contribution < 1.29 is 24.2 Å². The van der Waals surface area contributed by atoms with E-state index in [-0.39, 0.29) is 25.2 Å². The molecule has 0 heterocycles. The van der Waals surface area contributed by atoms with Crippen LogP contribution in [0, 0.1) is 0 Å². The van der Waals surface area contributed by atoms with Crippen molar-refractivity contribution in [1.82, 2.24) is 0 Å². The van der Waals surface area contributed by atoms with Crippen LogP contribution in [0.5, 0.6) is 0 Å². The lowest BCUT2D eigenvalue weighted by atomic mass is 10.0. The molecule has 5 nitrogen and oxygen atoms in total. The van der Waals surface area contributed by atoms with Crippen LogP contribution in [0.25, 0.3) is 0 Å². The molecule has 0 aromatic rings. The second kappa shape index (κ2) is 72.9. The molecule has 0 aliphatic carbocycles. The van der Waals surface area contributed by atoms with E-state index in [0.717, 1.165) is 32.1 Å². The van der Waals surface area contributed by atoms with Crippen molar-refractivity contribution in [3.63, 3.8) is 0 Å². The van der Waals surface area contributed by atoms with Crippen molar-refractivity contribution in [2.75, 3.05) is 13.2 Å². The average molecular weight is 1140 g/mol.